The number of piperidine rings is 1. The molecule has 0 radical (unpaired) electrons. The average Bonchev–Trinajstić information content (AvgIpc) is 3.27. The fourth-order valence-corrected chi connectivity index (χ4v) is 3.37. The van der Waals surface area contributed by atoms with E-state index in [4.69, 9.17) is 14.1 Å². The van der Waals surface area contributed by atoms with Gasteiger partial charge >= 0.3 is 0 Å². The molecular formula is C22H40IN5O3. The summed E-state index contributed by atoms with van der Waals surface area (Å²) in [4.78, 5) is 18.9. The summed E-state index contributed by atoms with van der Waals surface area (Å²) in [5.41, 5.74) is 0. The molecule has 1 amide bonds. The van der Waals surface area contributed by atoms with Gasteiger partial charge in [-0.2, -0.15) is 0 Å². The lowest BCUT2D eigenvalue weighted by atomic mass is 10.1. The first-order chi connectivity index (χ1) is 14.7. The number of nitrogens with zero attached hydrogens (tertiary/aromatic N) is 2. The lowest BCUT2D eigenvalue weighted by molar-refractivity contribution is -0.122. The van der Waals surface area contributed by atoms with Gasteiger partial charge in [0.1, 0.15) is 5.76 Å². The molecule has 0 aliphatic carbocycles. The van der Waals surface area contributed by atoms with E-state index < -0.39 is 0 Å². The molecule has 1 aromatic heterocycles. The summed E-state index contributed by atoms with van der Waals surface area (Å²) in [7, 11) is 0. The lowest BCUT2D eigenvalue weighted by Crippen LogP contribution is -2.50. The zero-order chi connectivity index (χ0) is 21.4. The number of carbonyl (C=O) groups is 1. The van der Waals surface area contributed by atoms with Crippen LogP contribution in [-0.2, 0) is 16.0 Å². The van der Waals surface area contributed by atoms with Crippen molar-refractivity contribution in [3.8, 4) is 0 Å². The van der Waals surface area contributed by atoms with Gasteiger partial charge < -0.3 is 25.1 Å². The molecule has 2 rings (SSSR count). The maximum atomic E-state index is 11.9. The lowest BCUT2D eigenvalue weighted by Gasteiger charge is -2.32. The van der Waals surface area contributed by atoms with E-state index in [9.17, 15) is 4.79 Å². The molecule has 1 aromatic rings. The van der Waals surface area contributed by atoms with Crippen molar-refractivity contribution in [2.45, 2.75) is 52.0 Å². The third-order valence-electron chi connectivity index (χ3n) is 5.03. The van der Waals surface area contributed by atoms with Crippen LogP contribution in [-0.4, -0.2) is 75.3 Å². The summed E-state index contributed by atoms with van der Waals surface area (Å²) in [5.74, 6) is 1.93. The number of ether oxygens (including phenoxy) is 1. The van der Waals surface area contributed by atoms with Gasteiger partial charge in [0.25, 0.3) is 0 Å². The molecule has 1 fully saturated rings. The van der Waals surface area contributed by atoms with Crippen molar-refractivity contribution in [3.05, 3.63) is 24.2 Å². The van der Waals surface area contributed by atoms with Crippen LogP contribution in [0, 0.1) is 0 Å². The van der Waals surface area contributed by atoms with E-state index >= 15 is 0 Å². The highest BCUT2D eigenvalue weighted by Crippen LogP contribution is 2.10. The Labute approximate surface area is 204 Å². The number of carbonyl (C=O) groups excluding carboxylic acids is 1. The molecule has 31 heavy (non-hydrogen) atoms. The normalized spacial score (nSPS) is 15.4. The van der Waals surface area contributed by atoms with E-state index in [0.717, 1.165) is 89.8 Å². The first-order valence-corrected chi connectivity index (χ1v) is 11.3. The number of aliphatic imine (C=N–C) groups is 1. The molecule has 3 N–H and O–H groups in total. The van der Waals surface area contributed by atoms with Gasteiger partial charge in [-0.1, -0.05) is 6.92 Å². The smallest absolute Gasteiger partial charge is 0.234 e. The molecule has 0 atom stereocenters. The number of amides is 1. The van der Waals surface area contributed by atoms with Crippen molar-refractivity contribution in [1.82, 2.24) is 20.9 Å². The SMILES string of the molecule is CCCNC(=O)CN1CCC(NC(=NCCCOCC)NCCc2ccco2)CC1.I. The van der Waals surface area contributed by atoms with Gasteiger partial charge in [0.2, 0.25) is 5.91 Å². The summed E-state index contributed by atoms with van der Waals surface area (Å²) >= 11 is 0. The first-order valence-electron chi connectivity index (χ1n) is 11.3. The highest BCUT2D eigenvalue weighted by molar-refractivity contribution is 14.0. The summed E-state index contributed by atoms with van der Waals surface area (Å²) in [6.45, 7) is 10.1. The van der Waals surface area contributed by atoms with Gasteiger partial charge in [-0.05, 0) is 44.7 Å². The largest absolute Gasteiger partial charge is 0.469 e. The molecule has 2 heterocycles. The minimum Gasteiger partial charge on any atom is -0.469 e. The van der Waals surface area contributed by atoms with Crippen LogP contribution < -0.4 is 16.0 Å². The van der Waals surface area contributed by atoms with E-state index in [1.54, 1.807) is 6.26 Å². The van der Waals surface area contributed by atoms with Crippen molar-refractivity contribution in [3.63, 3.8) is 0 Å². The molecule has 0 unspecified atom stereocenters. The van der Waals surface area contributed by atoms with Gasteiger partial charge in [0, 0.05) is 58.4 Å². The van der Waals surface area contributed by atoms with E-state index in [1.165, 1.54) is 0 Å². The van der Waals surface area contributed by atoms with Gasteiger partial charge in [-0.3, -0.25) is 14.7 Å². The molecule has 0 saturated carbocycles. The van der Waals surface area contributed by atoms with Gasteiger partial charge in [0.05, 0.1) is 12.8 Å². The van der Waals surface area contributed by atoms with E-state index in [-0.39, 0.29) is 29.9 Å². The highest BCUT2D eigenvalue weighted by atomic mass is 127. The Morgan fingerprint density at radius 2 is 2.06 bits per heavy atom. The molecule has 0 spiro atoms. The fourth-order valence-electron chi connectivity index (χ4n) is 3.37. The molecule has 1 saturated heterocycles. The van der Waals surface area contributed by atoms with Crippen molar-refractivity contribution >= 4 is 35.8 Å². The number of furan rings is 1. The van der Waals surface area contributed by atoms with Gasteiger partial charge in [-0.15, -0.1) is 24.0 Å². The first kappa shape index (κ1) is 27.7. The Morgan fingerprint density at radius 1 is 1.26 bits per heavy atom. The maximum Gasteiger partial charge on any atom is 0.234 e. The number of guanidine groups is 1. The molecule has 0 bridgehead atoms. The predicted molar refractivity (Wildman–Crippen MR) is 135 cm³/mol. The second kappa shape index (κ2) is 17.3. The molecule has 1 aliphatic heterocycles. The van der Waals surface area contributed by atoms with Crippen LogP contribution >= 0.6 is 24.0 Å². The Hall–Kier alpha value is -1.33. The van der Waals surface area contributed by atoms with Crippen LogP contribution in [0.3, 0.4) is 0 Å². The molecule has 8 nitrogen and oxygen atoms in total. The summed E-state index contributed by atoms with van der Waals surface area (Å²) in [6, 6.07) is 4.26. The number of likely N-dealkylation sites (tertiary alicyclic amines) is 1. The Morgan fingerprint density at radius 3 is 2.74 bits per heavy atom. The van der Waals surface area contributed by atoms with Crippen molar-refractivity contribution < 1.29 is 13.9 Å². The summed E-state index contributed by atoms with van der Waals surface area (Å²) in [6.07, 6.45) is 6.39. The standard InChI is InChI=1S/C22H39N5O3.HI/c1-3-11-23-21(28)18-27-14-9-19(10-15-27)26-22(24-12-6-16-29-4-2)25-13-8-20-7-5-17-30-20;/h5,7,17,19H,3-4,6,8-16,18H2,1-2H3,(H,23,28)(H2,24,25,26);1H. The maximum absolute atomic E-state index is 11.9. The zero-order valence-corrected chi connectivity index (χ0v) is 21.4. The van der Waals surface area contributed by atoms with Crippen molar-refractivity contribution in [2.75, 3.05) is 52.5 Å². The van der Waals surface area contributed by atoms with Crippen molar-refractivity contribution in [1.29, 1.82) is 0 Å². The topological polar surface area (TPSA) is 91.1 Å². The van der Waals surface area contributed by atoms with E-state index in [2.05, 4.69) is 27.8 Å². The van der Waals surface area contributed by atoms with Crippen LogP contribution in [0.4, 0.5) is 0 Å². The monoisotopic (exact) mass is 549 g/mol. The average molecular weight is 549 g/mol. The number of halogens is 1. The number of nitrogens with one attached hydrogen (secondary N) is 3. The van der Waals surface area contributed by atoms with Crippen LogP contribution in [0.25, 0.3) is 0 Å². The minimum atomic E-state index is 0. The van der Waals surface area contributed by atoms with E-state index in [1.807, 2.05) is 19.1 Å². The second-order valence-corrected chi connectivity index (χ2v) is 7.58. The number of rotatable bonds is 13. The van der Waals surface area contributed by atoms with Crippen molar-refractivity contribution in [2.24, 2.45) is 4.99 Å². The Bertz CT molecular complexity index is 604. The van der Waals surface area contributed by atoms with Crippen LogP contribution in [0.5, 0.6) is 0 Å². The highest BCUT2D eigenvalue weighted by Gasteiger charge is 2.21. The van der Waals surface area contributed by atoms with Crippen LogP contribution in [0.1, 0.15) is 45.3 Å². The van der Waals surface area contributed by atoms with Gasteiger partial charge in [0.15, 0.2) is 5.96 Å². The second-order valence-electron chi connectivity index (χ2n) is 7.58. The molecular weight excluding hydrogens is 509 g/mol. The third-order valence-corrected chi connectivity index (χ3v) is 5.03. The zero-order valence-electron chi connectivity index (χ0n) is 19.0. The summed E-state index contributed by atoms with van der Waals surface area (Å²) < 4.78 is 10.8. The third kappa shape index (κ3) is 12.3. The molecule has 0 aromatic carbocycles. The van der Waals surface area contributed by atoms with Crippen LogP contribution in [0.2, 0.25) is 0 Å². The number of hydrogen-bond donors (Lipinski definition) is 3. The Kier molecular flexibility index (Phi) is 15.4. The molecule has 9 heteroatoms. The summed E-state index contributed by atoms with van der Waals surface area (Å²) in [5, 5.41) is 9.95. The number of hydrogen-bond acceptors (Lipinski definition) is 5. The molecule has 178 valence electrons. The van der Waals surface area contributed by atoms with Crippen LogP contribution in [0.15, 0.2) is 27.8 Å². The fraction of sp³-hybridized carbons (Fsp3) is 0.727. The Balaban J connectivity index is 0.00000480. The minimum absolute atomic E-state index is 0. The quantitative estimate of drug-likeness (QED) is 0.152. The van der Waals surface area contributed by atoms with E-state index in [0.29, 0.717) is 12.6 Å². The predicted octanol–water partition coefficient (Wildman–Crippen LogP) is 2.39. The van der Waals surface area contributed by atoms with Gasteiger partial charge in [-0.25, -0.2) is 0 Å². The molecule has 1 aliphatic rings.